The Morgan fingerprint density at radius 3 is 2.67 bits per heavy atom. The molecule has 2 N–H and O–H groups in total. The third kappa shape index (κ3) is 2.04. The summed E-state index contributed by atoms with van der Waals surface area (Å²) in [7, 11) is 0. The van der Waals surface area contributed by atoms with E-state index in [2.05, 4.69) is 6.58 Å². The highest BCUT2D eigenvalue weighted by molar-refractivity contribution is 6.01. The van der Waals surface area contributed by atoms with Gasteiger partial charge in [-0.05, 0) is 55.4 Å². The fourth-order valence-corrected chi connectivity index (χ4v) is 6.48. The standard InChI is InChI=1S/C22H25FO4/c1-11-7-15-14-9-17(23)16-8-13(25)5-6-20(16,3)19(14)18(26)10-21(15,4)22(11,27)12(2)24/h5-6,8-9,14-15,18-19,26-27H,1,7,10H2,2-4H3/t14-,15-,18?,19+,20-,21-,22-/m0/s1. The number of allylic oxidation sites excluding steroid dienone is 6. The van der Waals surface area contributed by atoms with Crippen LogP contribution in [0.25, 0.3) is 0 Å². The first-order valence-electron chi connectivity index (χ1n) is 9.39. The molecule has 7 atom stereocenters. The van der Waals surface area contributed by atoms with Gasteiger partial charge in [0.15, 0.2) is 11.6 Å². The molecule has 0 saturated heterocycles. The SMILES string of the molecule is C=C1C[C@H]2[C@@H]3C=C(F)C4=CC(=O)C=C[C@]4(C)[C@H]3C(O)C[C@]2(C)[C@@]1(O)C(C)=O. The molecule has 0 spiro atoms. The van der Waals surface area contributed by atoms with E-state index in [1.807, 2.05) is 6.92 Å². The molecule has 4 rings (SSSR count). The molecule has 0 aromatic carbocycles. The third-order valence-electron chi connectivity index (χ3n) is 7.81. The van der Waals surface area contributed by atoms with E-state index in [1.54, 1.807) is 13.0 Å². The van der Waals surface area contributed by atoms with Gasteiger partial charge in [-0.3, -0.25) is 9.59 Å². The summed E-state index contributed by atoms with van der Waals surface area (Å²) in [6, 6.07) is 0. The van der Waals surface area contributed by atoms with Crippen LogP contribution in [0.5, 0.6) is 0 Å². The first kappa shape index (κ1) is 18.5. The normalized spacial score (nSPS) is 48.4. The van der Waals surface area contributed by atoms with E-state index in [0.29, 0.717) is 17.6 Å². The minimum atomic E-state index is -1.72. The average molecular weight is 372 g/mol. The van der Waals surface area contributed by atoms with Crippen LogP contribution >= 0.6 is 0 Å². The number of carbonyl (C=O) groups excluding carboxylic acids is 2. The van der Waals surface area contributed by atoms with Crippen molar-refractivity contribution in [1.29, 1.82) is 0 Å². The lowest BCUT2D eigenvalue weighted by atomic mass is 9.47. The summed E-state index contributed by atoms with van der Waals surface area (Å²) in [6.07, 6.45) is 5.68. The number of aliphatic hydroxyl groups excluding tert-OH is 1. The number of hydrogen-bond donors (Lipinski definition) is 2. The Morgan fingerprint density at radius 2 is 2.04 bits per heavy atom. The molecule has 27 heavy (non-hydrogen) atoms. The first-order valence-corrected chi connectivity index (χ1v) is 9.39. The Kier molecular flexibility index (Phi) is 3.67. The van der Waals surface area contributed by atoms with E-state index < -0.39 is 34.1 Å². The lowest BCUT2D eigenvalue weighted by Crippen LogP contribution is -2.60. The van der Waals surface area contributed by atoms with Gasteiger partial charge in [0, 0.05) is 22.3 Å². The van der Waals surface area contributed by atoms with Crippen LogP contribution < -0.4 is 0 Å². The van der Waals surface area contributed by atoms with E-state index >= 15 is 4.39 Å². The predicted molar refractivity (Wildman–Crippen MR) is 98.1 cm³/mol. The van der Waals surface area contributed by atoms with Gasteiger partial charge in [0.1, 0.15) is 11.4 Å². The minimum Gasteiger partial charge on any atom is -0.393 e. The second-order valence-electron chi connectivity index (χ2n) is 9.06. The largest absolute Gasteiger partial charge is 0.393 e. The van der Waals surface area contributed by atoms with Crippen LogP contribution in [0.2, 0.25) is 0 Å². The first-order chi connectivity index (χ1) is 12.5. The number of aliphatic hydroxyl groups is 2. The molecule has 4 nitrogen and oxygen atoms in total. The molecule has 0 aromatic heterocycles. The van der Waals surface area contributed by atoms with Crippen molar-refractivity contribution in [3.05, 3.63) is 47.9 Å². The molecule has 0 amide bonds. The van der Waals surface area contributed by atoms with Gasteiger partial charge >= 0.3 is 0 Å². The summed E-state index contributed by atoms with van der Waals surface area (Å²) >= 11 is 0. The number of ketones is 2. The molecule has 144 valence electrons. The molecule has 0 aromatic rings. The van der Waals surface area contributed by atoms with Crippen LogP contribution in [0.4, 0.5) is 4.39 Å². The number of hydrogen-bond acceptors (Lipinski definition) is 4. The van der Waals surface area contributed by atoms with Crippen molar-refractivity contribution < 1.29 is 24.2 Å². The van der Waals surface area contributed by atoms with Crippen molar-refractivity contribution in [3.8, 4) is 0 Å². The zero-order chi connectivity index (χ0) is 19.9. The molecule has 4 aliphatic rings. The zero-order valence-electron chi connectivity index (χ0n) is 15.8. The summed E-state index contributed by atoms with van der Waals surface area (Å²) in [4.78, 5) is 24.1. The maximum Gasteiger partial charge on any atom is 0.178 e. The maximum atomic E-state index is 15.0. The fraction of sp³-hybridized carbons (Fsp3) is 0.545. The number of rotatable bonds is 1. The highest BCUT2D eigenvalue weighted by atomic mass is 19.1. The molecular formula is C22H25FO4. The second-order valence-corrected chi connectivity index (χ2v) is 9.06. The molecule has 5 heteroatoms. The van der Waals surface area contributed by atoms with E-state index in [1.165, 1.54) is 25.2 Å². The molecular weight excluding hydrogens is 347 g/mol. The van der Waals surface area contributed by atoms with Crippen molar-refractivity contribution in [2.75, 3.05) is 0 Å². The van der Waals surface area contributed by atoms with Gasteiger partial charge < -0.3 is 10.2 Å². The minimum absolute atomic E-state index is 0.216. The van der Waals surface area contributed by atoms with E-state index in [4.69, 9.17) is 0 Å². The van der Waals surface area contributed by atoms with Gasteiger partial charge in [-0.2, -0.15) is 0 Å². The summed E-state index contributed by atoms with van der Waals surface area (Å²) < 4.78 is 15.0. The summed E-state index contributed by atoms with van der Waals surface area (Å²) in [6.45, 7) is 8.94. The van der Waals surface area contributed by atoms with Crippen molar-refractivity contribution >= 4 is 11.6 Å². The van der Waals surface area contributed by atoms with Gasteiger partial charge in [-0.15, -0.1) is 0 Å². The summed E-state index contributed by atoms with van der Waals surface area (Å²) in [5.41, 5.74) is -2.71. The van der Waals surface area contributed by atoms with Gasteiger partial charge in [-0.25, -0.2) is 4.39 Å². The number of halogens is 1. The van der Waals surface area contributed by atoms with E-state index in [0.717, 1.165) is 0 Å². The summed E-state index contributed by atoms with van der Waals surface area (Å²) in [5, 5.41) is 22.4. The smallest absolute Gasteiger partial charge is 0.178 e. The lowest BCUT2D eigenvalue weighted by Gasteiger charge is -2.57. The monoisotopic (exact) mass is 372 g/mol. The Balaban J connectivity index is 1.90. The van der Waals surface area contributed by atoms with Crippen molar-refractivity contribution in [1.82, 2.24) is 0 Å². The van der Waals surface area contributed by atoms with Crippen LogP contribution in [0, 0.1) is 28.6 Å². The maximum absolute atomic E-state index is 15.0. The zero-order valence-corrected chi connectivity index (χ0v) is 15.8. The van der Waals surface area contributed by atoms with Gasteiger partial charge in [-0.1, -0.05) is 26.5 Å². The molecule has 1 unspecified atom stereocenters. The second kappa shape index (κ2) is 5.36. The molecule has 2 fully saturated rings. The number of fused-ring (bicyclic) bond motifs is 5. The Labute approximate surface area is 158 Å². The topological polar surface area (TPSA) is 74.6 Å². The van der Waals surface area contributed by atoms with Crippen molar-refractivity contribution in [2.45, 2.75) is 45.3 Å². The molecule has 0 radical (unpaired) electrons. The Hall–Kier alpha value is -1.85. The van der Waals surface area contributed by atoms with Gasteiger partial charge in [0.25, 0.3) is 0 Å². The van der Waals surface area contributed by atoms with E-state index in [-0.39, 0.29) is 30.0 Å². The Bertz CT molecular complexity index is 868. The summed E-state index contributed by atoms with van der Waals surface area (Å²) in [5.74, 6) is -2.05. The number of carbonyl (C=O) groups is 2. The molecule has 0 bridgehead atoms. The third-order valence-corrected chi connectivity index (χ3v) is 7.81. The van der Waals surface area contributed by atoms with Crippen LogP contribution in [-0.4, -0.2) is 33.5 Å². The van der Waals surface area contributed by atoms with Crippen LogP contribution in [-0.2, 0) is 9.59 Å². The highest BCUT2D eigenvalue weighted by Crippen LogP contribution is 2.67. The molecule has 0 heterocycles. The lowest BCUT2D eigenvalue weighted by molar-refractivity contribution is -0.163. The Morgan fingerprint density at radius 1 is 1.37 bits per heavy atom. The van der Waals surface area contributed by atoms with Gasteiger partial charge in [0.2, 0.25) is 0 Å². The average Bonchev–Trinajstić information content (AvgIpc) is 2.78. The van der Waals surface area contributed by atoms with Crippen LogP contribution in [0.15, 0.2) is 47.9 Å². The van der Waals surface area contributed by atoms with Crippen molar-refractivity contribution in [3.63, 3.8) is 0 Å². The van der Waals surface area contributed by atoms with Crippen LogP contribution in [0.3, 0.4) is 0 Å². The van der Waals surface area contributed by atoms with Crippen molar-refractivity contribution in [2.24, 2.45) is 28.6 Å². The predicted octanol–water partition coefficient (Wildman–Crippen LogP) is 2.82. The quantitative estimate of drug-likeness (QED) is 0.694. The highest BCUT2D eigenvalue weighted by Gasteiger charge is 2.68. The van der Waals surface area contributed by atoms with Crippen LogP contribution in [0.1, 0.15) is 33.6 Å². The molecule has 4 aliphatic carbocycles. The molecule has 0 aliphatic heterocycles. The molecule has 2 saturated carbocycles. The fourth-order valence-electron chi connectivity index (χ4n) is 6.48. The number of Topliss-reactive ketones (excluding diaryl/α,β-unsaturated/α-hetero) is 1. The van der Waals surface area contributed by atoms with Gasteiger partial charge in [0.05, 0.1) is 6.10 Å². The van der Waals surface area contributed by atoms with E-state index in [9.17, 15) is 19.8 Å².